The van der Waals surface area contributed by atoms with Gasteiger partial charge in [0.05, 0.1) is 0 Å². The maximum Gasteiger partial charge on any atom is 0.352 e. The summed E-state index contributed by atoms with van der Waals surface area (Å²) in [5.41, 5.74) is 1.44. The number of aromatic nitrogens is 4. The van der Waals surface area contributed by atoms with Gasteiger partial charge in [0.1, 0.15) is 12.4 Å². The lowest BCUT2D eigenvalue weighted by atomic mass is 10.0. The number of nitrogens with one attached hydrogen (secondary N) is 1. The van der Waals surface area contributed by atoms with Gasteiger partial charge >= 0.3 is 5.69 Å². The molecule has 0 spiro atoms. The zero-order valence-electron chi connectivity index (χ0n) is 16.8. The van der Waals surface area contributed by atoms with Crippen LogP contribution in [0.15, 0.2) is 41.3 Å². The van der Waals surface area contributed by atoms with E-state index in [1.807, 2.05) is 37.3 Å². The molecule has 1 aliphatic rings. The minimum absolute atomic E-state index is 0.156. The number of nitrogens with zero attached hydrogens (tertiary/aromatic N) is 5. The molecule has 2 aromatic heterocycles. The number of fused-ring (bicyclic) bond motifs is 1. The summed E-state index contributed by atoms with van der Waals surface area (Å²) in [4.78, 5) is 31.9. The summed E-state index contributed by atoms with van der Waals surface area (Å²) < 4.78 is 2.54. The third-order valence-corrected chi connectivity index (χ3v) is 5.39. The summed E-state index contributed by atoms with van der Waals surface area (Å²) in [5, 5.41) is 7.15. The standard InChI is InChI=1S/C21H26N6O2/c1-3-16-8-4-5-9-17(16)22-19(28)14-27-21(29)26-12-10-18(23-20(26)24-27)25-11-6-7-15(2)13-25/h4-5,8-10,12,15H,3,6-7,11,13-14H2,1-2H3,(H,22,28)/t15-/m1/s1. The van der Waals surface area contributed by atoms with E-state index in [1.54, 1.807) is 6.20 Å². The molecule has 0 saturated carbocycles. The van der Waals surface area contributed by atoms with Crippen LogP contribution in [0, 0.1) is 5.92 Å². The molecule has 0 radical (unpaired) electrons. The molecule has 1 amide bonds. The summed E-state index contributed by atoms with van der Waals surface area (Å²) in [6.07, 6.45) is 4.86. The van der Waals surface area contributed by atoms with Crippen molar-refractivity contribution in [3.63, 3.8) is 0 Å². The molecule has 152 valence electrons. The molecule has 0 unspecified atom stereocenters. The summed E-state index contributed by atoms with van der Waals surface area (Å²) >= 11 is 0. The molecule has 29 heavy (non-hydrogen) atoms. The second kappa shape index (κ2) is 8.06. The maximum atomic E-state index is 12.6. The summed E-state index contributed by atoms with van der Waals surface area (Å²) in [6.45, 7) is 6.02. The molecule has 8 nitrogen and oxygen atoms in total. The van der Waals surface area contributed by atoms with Crippen molar-refractivity contribution in [2.24, 2.45) is 5.92 Å². The average Bonchev–Trinajstić information content (AvgIpc) is 3.03. The quantitative estimate of drug-likeness (QED) is 0.718. The van der Waals surface area contributed by atoms with E-state index in [1.165, 1.54) is 10.8 Å². The van der Waals surface area contributed by atoms with Crippen molar-refractivity contribution in [3.05, 3.63) is 52.6 Å². The summed E-state index contributed by atoms with van der Waals surface area (Å²) in [5.74, 6) is 1.47. The van der Waals surface area contributed by atoms with Gasteiger partial charge in [-0.2, -0.15) is 4.98 Å². The Bertz CT molecular complexity index is 1090. The molecule has 1 aromatic carbocycles. The van der Waals surface area contributed by atoms with Gasteiger partial charge in [-0.3, -0.25) is 4.79 Å². The zero-order valence-corrected chi connectivity index (χ0v) is 16.8. The molecule has 1 atom stereocenters. The van der Waals surface area contributed by atoms with Crippen LogP contribution >= 0.6 is 0 Å². The number of aryl methyl sites for hydroxylation is 1. The van der Waals surface area contributed by atoms with Crippen molar-refractivity contribution >= 4 is 23.2 Å². The average molecular weight is 394 g/mol. The number of benzene rings is 1. The smallest absolute Gasteiger partial charge is 0.352 e. The van der Waals surface area contributed by atoms with Gasteiger partial charge in [-0.05, 0) is 42.9 Å². The zero-order chi connectivity index (χ0) is 20.4. The second-order valence-electron chi connectivity index (χ2n) is 7.65. The third-order valence-electron chi connectivity index (χ3n) is 5.39. The summed E-state index contributed by atoms with van der Waals surface area (Å²) in [7, 11) is 0. The van der Waals surface area contributed by atoms with E-state index in [0.29, 0.717) is 11.7 Å². The molecule has 3 aromatic rings. The highest BCUT2D eigenvalue weighted by Crippen LogP contribution is 2.21. The third kappa shape index (κ3) is 4.01. The second-order valence-corrected chi connectivity index (χ2v) is 7.65. The number of anilines is 2. The molecule has 1 aliphatic heterocycles. The van der Waals surface area contributed by atoms with Gasteiger partial charge in [0.25, 0.3) is 5.78 Å². The van der Waals surface area contributed by atoms with Gasteiger partial charge in [-0.15, -0.1) is 5.10 Å². The monoisotopic (exact) mass is 394 g/mol. The van der Waals surface area contributed by atoms with Gasteiger partial charge in [0.15, 0.2) is 0 Å². The molecule has 0 aliphatic carbocycles. The number of carbonyl (C=O) groups is 1. The Kier molecular flexibility index (Phi) is 5.33. The predicted octanol–water partition coefficient (Wildman–Crippen LogP) is 2.33. The number of piperidine rings is 1. The van der Waals surface area contributed by atoms with Crippen LogP contribution < -0.4 is 15.9 Å². The number of amides is 1. The van der Waals surface area contributed by atoms with Crippen molar-refractivity contribution in [2.75, 3.05) is 23.3 Å². The van der Waals surface area contributed by atoms with Crippen LogP contribution in [0.4, 0.5) is 11.5 Å². The van der Waals surface area contributed by atoms with E-state index in [9.17, 15) is 9.59 Å². The Labute approximate surface area is 169 Å². The van der Waals surface area contributed by atoms with Crippen LogP contribution in [0.1, 0.15) is 32.3 Å². The molecule has 0 bridgehead atoms. The van der Waals surface area contributed by atoms with Gasteiger partial charge < -0.3 is 10.2 Å². The Morgan fingerprint density at radius 1 is 1.28 bits per heavy atom. The first-order valence-corrected chi connectivity index (χ1v) is 10.1. The van der Waals surface area contributed by atoms with Crippen LogP contribution in [-0.4, -0.2) is 38.2 Å². The fraction of sp³-hybridized carbons (Fsp3) is 0.429. The van der Waals surface area contributed by atoms with E-state index in [2.05, 4.69) is 27.2 Å². The minimum Gasteiger partial charge on any atom is -0.356 e. The lowest BCUT2D eigenvalue weighted by Crippen LogP contribution is -2.35. The molecule has 1 saturated heterocycles. The van der Waals surface area contributed by atoms with E-state index in [-0.39, 0.29) is 18.1 Å². The molecule has 4 rings (SSSR count). The van der Waals surface area contributed by atoms with E-state index >= 15 is 0 Å². The van der Waals surface area contributed by atoms with Gasteiger partial charge in [0, 0.05) is 25.0 Å². The van der Waals surface area contributed by atoms with Crippen LogP contribution in [0.2, 0.25) is 0 Å². The number of carbonyl (C=O) groups excluding carboxylic acids is 1. The van der Waals surface area contributed by atoms with Gasteiger partial charge in [0.2, 0.25) is 5.91 Å². The first kappa shape index (κ1) is 19.2. The largest absolute Gasteiger partial charge is 0.356 e. The van der Waals surface area contributed by atoms with Crippen molar-refractivity contribution in [3.8, 4) is 0 Å². The maximum absolute atomic E-state index is 12.6. The molecule has 1 N–H and O–H groups in total. The molecular formula is C21H26N6O2. The normalized spacial score (nSPS) is 16.9. The number of para-hydroxylation sites is 1. The molecular weight excluding hydrogens is 368 g/mol. The van der Waals surface area contributed by atoms with Crippen molar-refractivity contribution in [2.45, 2.75) is 39.7 Å². The highest BCUT2D eigenvalue weighted by atomic mass is 16.2. The summed E-state index contributed by atoms with van der Waals surface area (Å²) in [6, 6.07) is 9.48. The lowest BCUT2D eigenvalue weighted by Gasteiger charge is -2.31. The Morgan fingerprint density at radius 3 is 2.90 bits per heavy atom. The Hall–Kier alpha value is -3.16. The van der Waals surface area contributed by atoms with E-state index < -0.39 is 0 Å². The van der Waals surface area contributed by atoms with Crippen LogP contribution in [0.25, 0.3) is 5.78 Å². The molecule has 1 fully saturated rings. The highest BCUT2D eigenvalue weighted by Gasteiger charge is 2.19. The first-order chi connectivity index (χ1) is 14.0. The van der Waals surface area contributed by atoms with Gasteiger partial charge in [-0.25, -0.2) is 13.9 Å². The number of hydrogen-bond acceptors (Lipinski definition) is 5. The Balaban J connectivity index is 1.54. The predicted molar refractivity (Wildman–Crippen MR) is 112 cm³/mol. The fourth-order valence-corrected chi connectivity index (χ4v) is 3.85. The SMILES string of the molecule is CCc1ccccc1NC(=O)Cn1nc2nc(N3CCC[C@@H](C)C3)ccn2c1=O. The Morgan fingerprint density at radius 2 is 2.10 bits per heavy atom. The molecule has 8 heteroatoms. The minimum atomic E-state index is -0.370. The number of hydrogen-bond donors (Lipinski definition) is 1. The van der Waals surface area contributed by atoms with Gasteiger partial charge in [-0.1, -0.05) is 32.0 Å². The van der Waals surface area contributed by atoms with Crippen molar-refractivity contribution in [1.29, 1.82) is 0 Å². The van der Waals surface area contributed by atoms with E-state index in [4.69, 9.17) is 0 Å². The topological polar surface area (TPSA) is 84.5 Å². The first-order valence-electron chi connectivity index (χ1n) is 10.1. The van der Waals surface area contributed by atoms with Crippen molar-refractivity contribution < 1.29 is 4.79 Å². The van der Waals surface area contributed by atoms with E-state index in [0.717, 1.165) is 47.7 Å². The van der Waals surface area contributed by atoms with Crippen LogP contribution in [0.5, 0.6) is 0 Å². The van der Waals surface area contributed by atoms with Crippen LogP contribution in [0.3, 0.4) is 0 Å². The fourth-order valence-electron chi connectivity index (χ4n) is 3.85. The number of rotatable bonds is 5. The van der Waals surface area contributed by atoms with Crippen LogP contribution in [-0.2, 0) is 17.8 Å². The van der Waals surface area contributed by atoms with Crippen molar-refractivity contribution in [1.82, 2.24) is 19.2 Å². The molecule has 3 heterocycles. The highest BCUT2D eigenvalue weighted by molar-refractivity contribution is 5.91. The lowest BCUT2D eigenvalue weighted by molar-refractivity contribution is -0.117.